The van der Waals surface area contributed by atoms with Crippen LogP contribution in [-0.2, 0) is 0 Å². The lowest BCUT2D eigenvalue weighted by atomic mass is 10.1. The van der Waals surface area contributed by atoms with Gasteiger partial charge in [0.25, 0.3) is 0 Å². The third kappa shape index (κ3) is 2.56. The van der Waals surface area contributed by atoms with Gasteiger partial charge in [0.05, 0.1) is 12.6 Å². The largest absolute Gasteiger partial charge is 0.394 e. The van der Waals surface area contributed by atoms with Crippen molar-refractivity contribution in [3.63, 3.8) is 0 Å². The summed E-state index contributed by atoms with van der Waals surface area (Å²) in [5.41, 5.74) is 1.18. The molecule has 0 heterocycles. The molecule has 2 nitrogen and oxygen atoms in total. The van der Waals surface area contributed by atoms with Gasteiger partial charge in [-0.1, -0.05) is 30.3 Å². The molecule has 2 rings (SSSR count). The molecule has 0 radical (unpaired) electrons. The van der Waals surface area contributed by atoms with Gasteiger partial charge in [-0.3, -0.25) is 0 Å². The normalized spacial score (nSPS) is 18.1. The molecule has 1 aliphatic rings. The predicted molar refractivity (Wildman–Crippen MR) is 57.0 cm³/mol. The average molecular weight is 191 g/mol. The number of rotatable bonds is 5. The molecule has 1 aliphatic carbocycles. The molecule has 2 heteroatoms. The summed E-state index contributed by atoms with van der Waals surface area (Å²) >= 11 is 0. The van der Waals surface area contributed by atoms with E-state index in [-0.39, 0.29) is 12.6 Å². The van der Waals surface area contributed by atoms with Crippen molar-refractivity contribution in [3.05, 3.63) is 35.9 Å². The average Bonchev–Trinajstić information content (AvgIpc) is 3.04. The van der Waals surface area contributed by atoms with E-state index in [0.29, 0.717) is 0 Å². The first-order valence-corrected chi connectivity index (χ1v) is 5.29. The summed E-state index contributed by atoms with van der Waals surface area (Å²) in [6, 6.07) is 10.2. The third-order valence-electron chi connectivity index (χ3n) is 2.73. The van der Waals surface area contributed by atoms with Crippen LogP contribution >= 0.6 is 0 Å². The Morgan fingerprint density at radius 3 is 2.57 bits per heavy atom. The van der Waals surface area contributed by atoms with Crippen LogP contribution in [0.25, 0.3) is 0 Å². The number of hydrogen-bond acceptors (Lipinski definition) is 2. The molecule has 0 unspecified atom stereocenters. The van der Waals surface area contributed by atoms with Crippen molar-refractivity contribution in [1.82, 2.24) is 5.32 Å². The van der Waals surface area contributed by atoms with Crippen molar-refractivity contribution < 1.29 is 5.11 Å². The summed E-state index contributed by atoms with van der Waals surface area (Å²) < 4.78 is 0. The van der Waals surface area contributed by atoms with E-state index in [1.807, 2.05) is 18.2 Å². The molecule has 1 saturated carbocycles. The lowest BCUT2D eigenvalue weighted by Crippen LogP contribution is -2.26. The van der Waals surface area contributed by atoms with Crippen LogP contribution in [0.15, 0.2) is 30.3 Å². The molecule has 14 heavy (non-hydrogen) atoms. The zero-order valence-corrected chi connectivity index (χ0v) is 8.32. The number of benzene rings is 1. The Balaban J connectivity index is 1.90. The van der Waals surface area contributed by atoms with Crippen molar-refractivity contribution in [2.24, 2.45) is 5.92 Å². The SMILES string of the molecule is OC[C@H](NCC1CC1)c1ccccc1. The second kappa shape index (κ2) is 4.58. The predicted octanol–water partition coefficient (Wildman–Crippen LogP) is 1.72. The fourth-order valence-electron chi connectivity index (χ4n) is 1.60. The number of aliphatic hydroxyl groups is 1. The maximum Gasteiger partial charge on any atom is 0.0626 e. The molecule has 1 aromatic rings. The van der Waals surface area contributed by atoms with Crippen molar-refractivity contribution in [2.45, 2.75) is 18.9 Å². The third-order valence-corrected chi connectivity index (χ3v) is 2.73. The zero-order valence-electron chi connectivity index (χ0n) is 8.32. The van der Waals surface area contributed by atoms with E-state index in [0.717, 1.165) is 12.5 Å². The van der Waals surface area contributed by atoms with Gasteiger partial charge in [-0.25, -0.2) is 0 Å². The molecule has 0 aromatic heterocycles. The second-order valence-electron chi connectivity index (χ2n) is 4.00. The highest BCUT2D eigenvalue weighted by atomic mass is 16.3. The van der Waals surface area contributed by atoms with Crippen molar-refractivity contribution in [1.29, 1.82) is 0 Å². The van der Waals surface area contributed by atoms with Gasteiger partial charge in [-0.15, -0.1) is 0 Å². The van der Waals surface area contributed by atoms with Gasteiger partial charge in [0.15, 0.2) is 0 Å². The van der Waals surface area contributed by atoms with Crippen LogP contribution in [0.3, 0.4) is 0 Å². The lowest BCUT2D eigenvalue weighted by Gasteiger charge is -2.16. The minimum absolute atomic E-state index is 0.108. The van der Waals surface area contributed by atoms with Crippen LogP contribution < -0.4 is 5.32 Å². The fraction of sp³-hybridized carbons (Fsp3) is 0.500. The summed E-state index contributed by atoms with van der Waals surface area (Å²) in [5, 5.41) is 12.6. The zero-order chi connectivity index (χ0) is 9.80. The van der Waals surface area contributed by atoms with Crippen LogP contribution in [-0.4, -0.2) is 18.3 Å². The molecule has 1 aromatic carbocycles. The van der Waals surface area contributed by atoms with E-state index < -0.39 is 0 Å². The molecule has 0 saturated heterocycles. The molecule has 1 atom stereocenters. The van der Waals surface area contributed by atoms with Crippen molar-refractivity contribution in [2.75, 3.05) is 13.2 Å². The second-order valence-corrected chi connectivity index (χ2v) is 4.00. The highest BCUT2D eigenvalue weighted by Crippen LogP contribution is 2.28. The van der Waals surface area contributed by atoms with Gasteiger partial charge in [0, 0.05) is 0 Å². The first-order valence-electron chi connectivity index (χ1n) is 5.29. The summed E-state index contributed by atoms with van der Waals surface area (Å²) in [5.74, 6) is 0.854. The molecule has 0 aliphatic heterocycles. The van der Waals surface area contributed by atoms with Gasteiger partial charge in [-0.2, -0.15) is 0 Å². The van der Waals surface area contributed by atoms with Crippen LogP contribution in [0, 0.1) is 5.92 Å². The van der Waals surface area contributed by atoms with Gasteiger partial charge >= 0.3 is 0 Å². The first kappa shape index (κ1) is 9.69. The van der Waals surface area contributed by atoms with Gasteiger partial charge in [0.2, 0.25) is 0 Å². The van der Waals surface area contributed by atoms with Crippen LogP contribution in [0.2, 0.25) is 0 Å². The van der Waals surface area contributed by atoms with Crippen molar-refractivity contribution in [3.8, 4) is 0 Å². The molecular formula is C12H17NO. The lowest BCUT2D eigenvalue weighted by molar-refractivity contribution is 0.243. The van der Waals surface area contributed by atoms with E-state index in [1.165, 1.54) is 18.4 Å². The maximum absolute atomic E-state index is 9.25. The van der Waals surface area contributed by atoms with E-state index in [9.17, 15) is 5.11 Å². The molecule has 2 N–H and O–H groups in total. The van der Waals surface area contributed by atoms with E-state index in [4.69, 9.17) is 0 Å². The standard InChI is InChI=1S/C12H17NO/c14-9-12(13-8-10-6-7-10)11-4-2-1-3-5-11/h1-5,10,12-14H,6-9H2/t12-/m0/s1. The fourth-order valence-corrected chi connectivity index (χ4v) is 1.60. The smallest absolute Gasteiger partial charge is 0.0626 e. The Labute approximate surface area is 85.0 Å². The molecule has 0 bridgehead atoms. The Morgan fingerprint density at radius 1 is 1.29 bits per heavy atom. The molecule has 0 amide bonds. The number of aliphatic hydroxyl groups excluding tert-OH is 1. The summed E-state index contributed by atoms with van der Waals surface area (Å²) in [4.78, 5) is 0. The maximum atomic E-state index is 9.25. The molecule has 0 spiro atoms. The van der Waals surface area contributed by atoms with Gasteiger partial charge in [0.1, 0.15) is 0 Å². The van der Waals surface area contributed by atoms with Crippen LogP contribution in [0.5, 0.6) is 0 Å². The van der Waals surface area contributed by atoms with Crippen LogP contribution in [0.4, 0.5) is 0 Å². The van der Waals surface area contributed by atoms with E-state index in [2.05, 4.69) is 17.4 Å². The van der Waals surface area contributed by atoms with Gasteiger partial charge < -0.3 is 10.4 Å². The number of nitrogens with one attached hydrogen (secondary N) is 1. The topological polar surface area (TPSA) is 32.3 Å². The van der Waals surface area contributed by atoms with E-state index in [1.54, 1.807) is 0 Å². The minimum Gasteiger partial charge on any atom is -0.394 e. The summed E-state index contributed by atoms with van der Waals surface area (Å²) in [6.07, 6.45) is 2.69. The first-order chi connectivity index (χ1) is 6.90. The molecule has 76 valence electrons. The van der Waals surface area contributed by atoms with E-state index >= 15 is 0 Å². The van der Waals surface area contributed by atoms with Crippen LogP contribution in [0.1, 0.15) is 24.4 Å². The number of hydrogen-bond donors (Lipinski definition) is 2. The Morgan fingerprint density at radius 2 is 2.00 bits per heavy atom. The minimum atomic E-state index is 0.108. The highest BCUT2D eigenvalue weighted by molar-refractivity contribution is 5.18. The summed E-state index contributed by atoms with van der Waals surface area (Å²) in [7, 11) is 0. The molecule has 1 fully saturated rings. The van der Waals surface area contributed by atoms with Gasteiger partial charge in [-0.05, 0) is 30.9 Å². The highest BCUT2D eigenvalue weighted by Gasteiger charge is 2.22. The van der Waals surface area contributed by atoms with Crippen molar-refractivity contribution >= 4 is 0 Å². The Hall–Kier alpha value is -0.860. The summed E-state index contributed by atoms with van der Waals surface area (Å²) in [6.45, 7) is 1.22. The Bertz CT molecular complexity index is 269. The quantitative estimate of drug-likeness (QED) is 0.742. The Kier molecular flexibility index (Phi) is 3.17. The monoisotopic (exact) mass is 191 g/mol. The molecular weight excluding hydrogens is 174 g/mol.